The van der Waals surface area contributed by atoms with Gasteiger partial charge in [0.1, 0.15) is 0 Å². The van der Waals surface area contributed by atoms with Crippen LogP contribution in [0.25, 0.3) is 0 Å². The van der Waals surface area contributed by atoms with Gasteiger partial charge in [0.15, 0.2) is 0 Å². The van der Waals surface area contributed by atoms with Crippen molar-refractivity contribution in [2.45, 2.75) is 64.5 Å². The monoisotopic (exact) mass is 426 g/mol. The fraction of sp³-hybridized carbons (Fsp3) is 0.700. The van der Waals surface area contributed by atoms with E-state index in [-0.39, 0.29) is 36.9 Å². The van der Waals surface area contributed by atoms with Crippen molar-refractivity contribution in [3.8, 4) is 0 Å². The van der Waals surface area contributed by atoms with E-state index in [1.807, 2.05) is 25.6 Å². The third-order valence-electron chi connectivity index (χ3n) is 5.43. The summed E-state index contributed by atoms with van der Waals surface area (Å²) in [5.74, 6) is -0.421. The number of amides is 2. The molecule has 0 spiro atoms. The predicted octanol–water partition coefficient (Wildman–Crippen LogP) is -0.185. The second-order valence-corrected chi connectivity index (χ2v) is 7.50. The number of aromatic nitrogens is 2. The quantitative estimate of drug-likeness (QED) is 0.285. The van der Waals surface area contributed by atoms with Gasteiger partial charge in [0.25, 0.3) is 6.47 Å². The first-order valence-corrected chi connectivity index (χ1v) is 10.2. The van der Waals surface area contributed by atoms with Crippen LogP contribution in [0.3, 0.4) is 0 Å². The van der Waals surface area contributed by atoms with Gasteiger partial charge in [0.2, 0.25) is 11.8 Å². The number of hydrogen-bond acceptors (Lipinski definition) is 6. The minimum atomic E-state index is -0.724. The molecule has 1 aromatic rings. The highest BCUT2D eigenvalue weighted by atomic mass is 16.3. The smallest absolute Gasteiger partial charge is 0.290 e. The molecule has 0 radical (unpaired) electrons. The molecule has 2 rings (SSSR count). The molecule has 1 heterocycles. The number of carboxylic acid groups (broad SMARTS) is 1. The van der Waals surface area contributed by atoms with Crippen molar-refractivity contribution in [3.63, 3.8) is 0 Å². The summed E-state index contributed by atoms with van der Waals surface area (Å²) in [7, 11) is 1.89. The van der Waals surface area contributed by atoms with Crippen LogP contribution in [-0.4, -0.2) is 68.7 Å². The summed E-state index contributed by atoms with van der Waals surface area (Å²) < 4.78 is 1.82. The molecule has 10 nitrogen and oxygen atoms in total. The van der Waals surface area contributed by atoms with Crippen LogP contribution < -0.4 is 10.6 Å². The zero-order valence-corrected chi connectivity index (χ0v) is 17.9. The van der Waals surface area contributed by atoms with E-state index in [0.717, 1.165) is 17.0 Å². The maximum Gasteiger partial charge on any atom is 0.290 e. The van der Waals surface area contributed by atoms with Crippen molar-refractivity contribution in [2.75, 3.05) is 13.2 Å². The number of nitrogens with one attached hydrogen (secondary N) is 2. The molecular weight excluding hydrogens is 392 g/mol. The molecule has 1 fully saturated rings. The van der Waals surface area contributed by atoms with Gasteiger partial charge < -0.3 is 26.0 Å². The van der Waals surface area contributed by atoms with Crippen molar-refractivity contribution in [1.82, 2.24) is 20.4 Å². The molecule has 0 bridgehead atoms. The van der Waals surface area contributed by atoms with Crippen molar-refractivity contribution >= 4 is 18.3 Å². The van der Waals surface area contributed by atoms with E-state index in [2.05, 4.69) is 15.7 Å². The molecule has 1 aliphatic rings. The molecule has 30 heavy (non-hydrogen) atoms. The van der Waals surface area contributed by atoms with Gasteiger partial charge in [-0.1, -0.05) is 0 Å². The number of aliphatic hydroxyl groups excluding tert-OH is 2. The molecule has 5 N–H and O–H groups in total. The lowest BCUT2D eigenvalue weighted by Gasteiger charge is -2.33. The SMILES string of the molecule is Cc1nn(C)c(C)c1CCC(=O)N[C@H]1CC[C@H](C(=O)NCCCO)C[C@@H]1O.O=CO. The summed E-state index contributed by atoms with van der Waals surface area (Å²) in [4.78, 5) is 32.7. The fourth-order valence-corrected chi connectivity index (χ4v) is 3.68. The van der Waals surface area contributed by atoms with Gasteiger partial charge in [0.05, 0.1) is 17.8 Å². The normalized spacial score (nSPS) is 20.6. The Kier molecular flexibility index (Phi) is 11.1. The summed E-state index contributed by atoms with van der Waals surface area (Å²) in [5.41, 5.74) is 3.10. The van der Waals surface area contributed by atoms with Gasteiger partial charge in [-0.2, -0.15) is 5.10 Å². The van der Waals surface area contributed by atoms with Crippen LogP contribution in [0.1, 0.15) is 49.1 Å². The molecule has 0 aromatic carbocycles. The van der Waals surface area contributed by atoms with Crippen LogP contribution in [0.15, 0.2) is 0 Å². The molecule has 0 saturated heterocycles. The van der Waals surface area contributed by atoms with E-state index in [1.165, 1.54) is 0 Å². The molecule has 3 atom stereocenters. The molecule has 2 amide bonds. The topological polar surface area (TPSA) is 154 Å². The van der Waals surface area contributed by atoms with Gasteiger partial charge in [-0.3, -0.25) is 19.1 Å². The predicted molar refractivity (Wildman–Crippen MR) is 110 cm³/mol. The fourth-order valence-electron chi connectivity index (χ4n) is 3.68. The molecular formula is C20H34N4O6. The average molecular weight is 427 g/mol. The van der Waals surface area contributed by atoms with Crippen molar-refractivity contribution in [1.29, 1.82) is 0 Å². The van der Waals surface area contributed by atoms with Gasteiger partial charge in [0, 0.05) is 38.2 Å². The van der Waals surface area contributed by atoms with E-state index in [4.69, 9.17) is 15.0 Å². The third kappa shape index (κ3) is 7.75. The van der Waals surface area contributed by atoms with Crippen LogP contribution in [0.2, 0.25) is 0 Å². The lowest BCUT2D eigenvalue weighted by molar-refractivity contribution is -0.128. The molecule has 10 heteroatoms. The van der Waals surface area contributed by atoms with E-state index in [1.54, 1.807) is 0 Å². The number of rotatable bonds is 8. The highest BCUT2D eigenvalue weighted by molar-refractivity contribution is 5.79. The molecule has 170 valence electrons. The Labute approximate surface area is 176 Å². The Hall–Kier alpha value is -2.46. The van der Waals surface area contributed by atoms with Crippen LogP contribution in [-0.2, 0) is 27.9 Å². The zero-order valence-electron chi connectivity index (χ0n) is 17.9. The number of carbonyl (C=O) groups excluding carboxylic acids is 2. The summed E-state index contributed by atoms with van der Waals surface area (Å²) in [6, 6.07) is -0.310. The Bertz CT molecular complexity index is 706. The number of nitrogens with zero attached hydrogens (tertiary/aromatic N) is 2. The van der Waals surface area contributed by atoms with Crippen LogP contribution in [0.4, 0.5) is 0 Å². The molecule has 1 aromatic heterocycles. The standard InChI is InChI=1S/C19H32N4O4.CH2O2/c1-12-15(13(2)23(3)22-12)6-8-18(26)21-16-7-5-14(11-17(16)25)19(27)20-9-4-10-24;2-1-3/h14,16-17,24-25H,4-11H2,1-3H3,(H,20,27)(H,21,26);1H,(H,2,3)/t14-,16-,17-;/m0./s1. The Morgan fingerprint density at radius 3 is 2.50 bits per heavy atom. The number of aryl methyl sites for hydroxylation is 2. The van der Waals surface area contributed by atoms with Crippen LogP contribution >= 0.6 is 0 Å². The summed E-state index contributed by atoms with van der Waals surface area (Å²) >= 11 is 0. The van der Waals surface area contributed by atoms with Crippen LogP contribution in [0.5, 0.6) is 0 Å². The van der Waals surface area contributed by atoms with E-state index in [9.17, 15) is 14.7 Å². The minimum Gasteiger partial charge on any atom is -0.483 e. The van der Waals surface area contributed by atoms with E-state index in [0.29, 0.717) is 45.1 Å². The van der Waals surface area contributed by atoms with Crippen molar-refractivity contribution in [2.24, 2.45) is 13.0 Å². The summed E-state index contributed by atoms with van der Waals surface area (Å²) in [5, 5.41) is 36.0. The van der Waals surface area contributed by atoms with Crippen molar-refractivity contribution < 1.29 is 29.7 Å². The lowest BCUT2D eigenvalue weighted by Crippen LogP contribution is -2.49. The molecule has 1 aliphatic carbocycles. The molecule has 1 saturated carbocycles. The summed E-state index contributed by atoms with van der Waals surface area (Å²) in [6.07, 6.45) is 2.33. The minimum absolute atomic E-state index is 0.0414. The molecule has 0 aliphatic heterocycles. The first-order valence-electron chi connectivity index (χ1n) is 10.2. The first kappa shape index (κ1) is 25.6. The number of aliphatic hydroxyl groups is 2. The largest absolute Gasteiger partial charge is 0.483 e. The van der Waals surface area contributed by atoms with Crippen molar-refractivity contribution in [3.05, 3.63) is 17.0 Å². The van der Waals surface area contributed by atoms with Gasteiger partial charge >= 0.3 is 0 Å². The highest BCUT2D eigenvalue weighted by Crippen LogP contribution is 2.25. The maximum atomic E-state index is 12.3. The highest BCUT2D eigenvalue weighted by Gasteiger charge is 2.33. The second-order valence-electron chi connectivity index (χ2n) is 7.50. The van der Waals surface area contributed by atoms with Gasteiger partial charge in [-0.25, -0.2) is 0 Å². The Balaban J connectivity index is 0.00000141. The average Bonchev–Trinajstić information content (AvgIpc) is 2.94. The lowest BCUT2D eigenvalue weighted by atomic mass is 9.83. The Morgan fingerprint density at radius 2 is 1.97 bits per heavy atom. The number of hydrogen-bond donors (Lipinski definition) is 5. The second kappa shape index (κ2) is 13.0. The van der Waals surface area contributed by atoms with Gasteiger partial charge in [-0.05, 0) is 51.5 Å². The first-order chi connectivity index (χ1) is 14.2. The van der Waals surface area contributed by atoms with Crippen LogP contribution in [0, 0.1) is 19.8 Å². The zero-order chi connectivity index (χ0) is 22.7. The van der Waals surface area contributed by atoms with E-state index >= 15 is 0 Å². The summed E-state index contributed by atoms with van der Waals surface area (Å²) in [6.45, 7) is 4.16. The number of carbonyl (C=O) groups is 3. The molecule has 0 unspecified atom stereocenters. The maximum absolute atomic E-state index is 12.3. The van der Waals surface area contributed by atoms with E-state index < -0.39 is 6.10 Å². The Morgan fingerprint density at radius 1 is 1.30 bits per heavy atom. The third-order valence-corrected chi connectivity index (χ3v) is 5.43. The van der Waals surface area contributed by atoms with Gasteiger partial charge in [-0.15, -0.1) is 0 Å².